The Kier molecular flexibility index (Phi) is 3.71. The summed E-state index contributed by atoms with van der Waals surface area (Å²) in [6, 6.07) is 5.11. The topological polar surface area (TPSA) is 37.3 Å². The summed E-state index contributed by atoms with van der Waals surface area (Å²) in [7, 11) is 0. The van der Waals surface area contributed by atoms with Crippen molar-refractivity contribution in [3.63, 3.8) is 0 Å². The first kappa shape index (κ1) is 10.2. The molecule has 0 saturated carbocycles. The van der Waals surface area contributed by atoms with E-state index < -0.39 is 11.1 Å². The lowest BCUT2D eigenvalue weighted by atomic mass is 10.2. The van der Waals surface area contributed by atoms with Gasteiger partial charge >= 0.3 is 0 Å². The van der Waals surface area contributed by atoms with Gasteiger partial charge < -0.3 is 4.55 Å². The Hall–Kier alpha value is 0.1000. The van der Waals surface area contributed by atoms with Crippen molar-refractivity contribution >= 4 is 38.6 Å². The molecule has 0 amide bonds. The molecule has 1 unspecified atom stereocenters. The summed E-state index contributed by atoms with van der Waals surface area (Å²) in [5.41, 5.74) is 0.778. The normalized spacial score (nSPS) is 12.9. The van der Waals surface area contributed by atoms with Crippen LogP contribution >= 0.6 is 27.5 Å². The van der Waals surface area contributed by atoms with Gasteiger partial charge in [-0.2, -0.15) is 0 Å². The molecular weight excluding hydrogens is 263 g/mol. The van der Waals surface area contributed by atoms with Crippen LogP contribution in [0.4, 0.5) is 0 Å². The van der Waals surface area contributed by atoms with Crippen molar-refractivity contribution in [2.75, 3.05) is 0 Å². The predicted molar refractivity (Wildman–Crippen MR) is 53.6 cm³/mol. The van der Waals surface area contributed by atoms with Gasteiger partial charge in [0.05, 0.1) is 5.75 Å². The summed E-state index contributed by atoms with van der Waals surface area (Å²) in [4.78, 5) is 0. The van der Waals surface area contributed by atoms with Gasteiger partial charge in [-0.1, -0.05) is 33.6 Å². The SMILES string of the molecule is O=S(O)Cc1ccc(Cl)cc1Br. The van der Waals surface area contributed by atoms with Crippen LogP contribution in [0.2, 0.25) is 5.02 Å². The first-order valence-electron chi connectivity index (χ1n) is 3.11. The lowest BCUT2D eigenvalue weighted by Crippen LogP contribution is -1.93. The molecule has 0 aliphatic carbocycles. The molecule has 1 N–H and O–H groups in total. The van der Waals surface area contributed by atoms with E-state index in [9.17, 15) is 4.21 Å². The van der Waals surface area contributed by atoms with Gasteiger partial charge in [0.25, 0.3) is 0 Å². The highest BCUT2D eigenvalue weighted by Crippen LogP contribution is 2.22. The molecular formula is C7H6BrClO2S. The van der Waals surface area contributed by atoms with Crippen molar-refractivity contribution in [3.8, 4) is 0 Å². The molecule has 0 bridgehead atoms. The van der Waals surface area contributed by atoms with Gasteiger partial charge in [0.1, 0.15) is 0 Å². The van der Waals surface area contributed by atoms with Crippen LogP contribution in [-0.2, 0) is 16.8 Å². The molecule has 12 heavy (non-hydrogen) atoms. The van der Waals surface area contributed by atoms with Crippen LogP contribution in [-0.4, -0.2) is 8.76 Å². The minimum absolute atomic E-state index is 0.123. The number of hydrogen-bond acceptors (Lipinski definition) is 1. The summed E-state index contributed by atoms with van der Waals surface area (Å²) >= 11 is 7.12. The first-order valence-corrected chi connectivity index (χ1v) is 5.55. The summed E-state index contributed by atoms with van der Waals surface area (Å²) in [6.07, 6.45) is 0. The van der Waals surface area contributed by atoms with Crippen LogP contribution in [0.25, 0.3) is 0 Å². The number of halogens is 2. The highest BCUT2D eigenvalue weighted by atomic mass is 79.9. The van der Waals surface area contributed by atoms with Crippen LogP contribution in [0.3, 0.4) is 0 Å². The zero-order valence-electron chi connectivity index (χ0n) is 5.96. The van der Waals surface area contributed by atoms with Gasteiger partial charge in [-0.3, -0.25) is 0 Å². The smallest absolute Gasteiger partial charge is 0.157 e. The minimum atomic E-state index is -1.81. The quantitative estimate of drug-likeness (QED) is 0.838. The summed E-state index contributed by atoms with van der Waals surface area (Å²) in [5.74, 6) is 0.123. The molecule has 2 nitrogen and oxygen atoms in total. The summed E-state index contributed by atoms with van der Waals surface area (Å²) in [5, 5.41) is 0.606. The number of benzene rings is 1. The maximum atomic E-state index is 10.5. The van der Waals surface area contributed by atoms with E-state index in [1.54, 1.807) is 18.2 Å². The monoisotopic (exact) mass is 268 g/mol. The Morgan fingerprint density at radius 1 is 1.58 bits per heavy atom. The third kappa shape index (κ3) is 2.86. The van der Waals surface area contributed by atoms with Crippen LogP contribution in [0, 0.1) is 0 Å². The molecule has 5 heteroatoms. The maximum Gasteiger partial charge on any atom is 0.157 e. The van der Waals surface area contributed by atoms with E-state index in [2.05, 4.69) is 15.9 Å². The van der Waals surface area contributed by atoms with E-state index in [1.165, 1.54) is 0 Å². The molecule has 0 fully saturated rings. The molecule has 0 aliphatic rings. The van der Waals surface area contributed by atoms with Gasteiger partial charge in [0.15, 0.2) is 11.1 Å². The van der Waals surface area contributed by atoms with Crippen LogP contribution in [0.15, 0.2) is 22.7 Å². The second-order valence-corrected chi connectivity index (χ2v) is 4.42. The van der Waals surface area contributed by atoms with Gasteiger partial charge in [-0.25, -0.2) is 4.21 Å². The molecule has 0 aliphatic heterocycles. The van der Waals surface area contributed by atoms with Gasteiger partial charge in [-0.15, -0.1) is 0 Å². The zero-order valence-corrected chi connectivity index (χ0v) is 9.12. The fraction of sp³-hybridized carbons (Fsp3) is 0.143. The summed E-state index contributed by atoms with van der Waals surface area (Å²) < 4.78 is 19.8. The summed E-state index contributed by atoms with van der Waals surface area (Å²) in [6.45, 7) is 0. The molecule has 1 rings (SSSR count). The second kappa shape index (κ2) is 4.37. The van der Waals surface area contributed by atoms with Crippen molar-refractivity contribution in [1.82, 2.24) is 0 Å². The lowest BCUT2D eigenvalue weighted by Gasteiger charge is -2.00. The van der Waals surface area contributed by atoms with Crippen molar-refractivity contribution in [1.29, 1.82) is 0 Å². The highest BCUT2D eigenvalue weighted by molar-refractivity contribution is 9.10. The second-order valence-electron chi connectivity index (χ2n) is 2.20. The zero-order chi connectivity index (χ0) is 9.14. The predicted octanol–water partition coefficient (Wildman–Crippen LogP) is 2.82. The third-order valence-corrected chi connectivity index (χ3v) is 2.83. The Morgan fingerprint density at radius 2 is 2.25 bits per heavy atom. The Bertz CT molecular complexity index is 316. The Balaban J connectivity index is 2.93. The minimum Gasteiger partial charge on any atom is -0.306 e. The molecule has 0 saturated heterocycles. The highest BCUT2D eigenvalue weighted by Gasteiger charge is 2.03. The molecule has 0 aromatic heterocycles. The van der Waals surface area contributed by atoms with Crippen molar-refractivity contribution in [2.24, 2.45) is 0 Å². The largest absolute Gasteiger partial charge is 0.306 e. The van der Waals surface area contributed by atoms with Crippen molar-refractivity contribution < 1.29 is 8.76 Å². The van der Waals surface area contributed by atoms with Gasteiger partial charge in [0.2, 0.25) is 0 Å². The fourth-order valence-electron chi connectivity index (χ4n) is 0.772. The van der Waals surface area contributed by atoms with E-state index >= 15 is 0 Å². The van der Waals surface area contributed by atoms with E-state index in [0.29, 0.717) is 5.02 Å². The van der Waals surface area contributed by atoms with E-state index in [4.69, 9.17) is 16.2 Å². The molecule has 0 spiro atoms. The molecule has 1 atom stereocenters. The fourth-order valence-corrected chi connectivity index (χ4v) is 2.30. The van der Waals surface area contributed by atoms with Gasteiger partial charge in [0, 0.05) is 9.50 Å². The van der Waals surface area contributed by atoms with Crippen molar-refractivity contribution in [2.45, 2.75) is 5.75 Å². The number of rotatable bonds is 2. The molecule has 1 aromatic rings. The molecule has 66 valence electrons. The van der Waals surface area contributed by atoms with Crippen molar-refractivity contribution in [3.05, 3.63) is 33.3 Å². The average molecular weight is 270 g/mol. The van der Waals surface area contributed by atoms with Crippen LogP contribution < -0.4 is 0 Å². The molecule has 0 radical (unpaired) electrons. The number of hydrogen-bond donors (Lipinski definition) is 1. The van der Waals surface area contributed by atoms with E-state index in [0.717, 1.165) is 10.0 Å². The Morgan fingerprint density at radius 3 is 2.75 bits per heavy atom. The Labute approximate surface area is 86.3 Å². The molecule has 1 aromatic carbocycles. The average Bonchev–Trinajstić information content (AvgIpc) is 1.94. The van der Waals surface area contributed by atoms with Crippen LogP contribution in [0.1, 0.15) is 5.56 Å². The first-order chi connectivity index (χ1) is 5.59. The van der Waals surface area contributed by atoms with Gasteiger partial charge in [-0.05, 0) is 17.7 Å². The third-order valence-electron chi connectivity index (χ3n) is 1.29. The standard InChI is InChI=1S/C7H6BrClO2S/c8-7-3-6(9)2-1-5(7)4-12(10)11/h1-3H,4H2,(H,10,11). The van der Waals surface area contributed by atoms with E-state index in [-0.39, 0.29) is 5.75 Å². The maximum absolute atomic E-state index is 10.5. The van der Waals surface area contributed by atoms with Crippen LogP contribution in [0.5, 0.6) is 0 Å². The molecule has 0 heterocycles. The van der Waals surface area contributed by atoms with E-state index in [1.807, 2.05) is 0 Å². The lowest BCUT2D eigenvalue weighted by molar-refractivity contribution is 0.563.